The Morgan fingerprint density at radius 3 is 2.26 bits per heavy atom. The molecule has 0 saturated carbocycles. The van der Waals surface area contributed by atoms with E-state index in [9.17, 15) is 19.8 Å². The molecule has 0 bridgehead atoms. The second kappa shape index (κ2) is 8.55. The molecule has 0 aliphatic rings. The molecule has 7 heteroatoms. The van der Waals surface area contributed by atoms with Crippen LogP contribution in [0, 0.1) is 0 Å². The number of benzene rings is 2. The molecular weight excluding hydrogens is 350 g/mol. The van der Waals surface area contributed by atoms with Crippen LogP contribution in [-0.4, -0.2) is 28.8 Å². The molecule has 0 fully saturated rings. The van der Waals surface area contributed by atoms with E-state index in [1.54, 1.807) is 45.0 Å². The summed E-state index contributed by atoms with van der Waals surface area (Å²) in [5.74, 6) is -0.637. The number of aliphatic carboxylic acids is 1. The van der Waals surface area contributed by atoms with E-state index in [1.165, 1.54) is 12.1 Å². The Morgan fingerprint density at radius 1 is 1.04 bits per heavy atom. The van der Waals surface area contributed by atoms with Crippen LogP contribution < -0.4 is 15.2 Å². The summed E-state index contributed by atoms with van der Waals surface area (Å²) in [5, 5.41) is 24.0. The van der Waals surface area contributed by atoms with Crippen molar-refractivity contribution in [2.45, 2.75) is 38.5 Å². The maximum absolute atomic E-state index is 11.9. The van der Waals surface area contributed by atoms with Crippen LogP contribution in [0.3, 0.4) is 0 Å². The molecule has 2 aromatic rings. The number of carbonyl (C=O) groups excluding carboxylic acids is 2. The van der Waals surface area contributed by atoms with Gasteiger partial charge in [0.05, 0.1) is 5.97 Å². The molecule has 1 amide bonds. The Bertz CT molecular complexity index is 785. The largest absolute Gasteiger partial charge is 0.548 e. The molecule has 7 nitrogen and oxygen atoms in total. The summed E-state index contributed by atoms with van der Waals surface area (Å²) in [6.45, 7) is 4.92. The van der Waals surface area contributed by atoms with Gasteiger partial charge in [-0.1, -0.05) is 30.3 Å². The number of hydrogen-bond donors (Lipinski definition) is 2. The van der Waals surface area contributed by atoms with Gasteiger partial charge in [0.1, 0.15) is 29.2 Å². The Hall–Kier alpha value is -3.06. The lowest BCUT2D eigenvalue weighted by atomic mass is 10.0. The van der Waals surface area contributed by atoms with Gasteiger partial charge in [0.15, 0.2) is 0 Å². The van der Waals surface area contributed by atoms with Crippen molar-refractivity contribution >= 4 is 12.1 Å². The SMILES string of the molecule is CC(C)(C)OC(=O)N[C@@H](C(=O)[O-])[C@H](O)c1cccc(Oc2ccccc2)c1. The van der Waals surface area contributed by atoms with Gasteiger partial charge in [-0.15, -0.1) is 0 Å². The van der Waals surface area contributed by atoms with E-state index >= 15 is 0 Å². The zero-order chi connectivity index (χ0) is 20.0. The minimum absolute atomic E-state index is 0.244. The van der Waals surface area contributed by atoms with Crippen molar-refractivity contribution in [2.24, 2.45) is 0 Å². The number of aliphatic hydroxyl groups is 1. The molecule has 2 atom stereocenters. The predicted octanol–water partition coefficient (Wildman–Crippen LogP) is 2.16. The van der Waals surface area contributed by atoms with E-state index in [2.05, 4.69) is 5.32 Å². The van der Waals surface area contributed by atoms with Gasteiger partial charge in [-0.05, 0) is 50.6 Å². The van der Waals surface area contributed by atoms with Gasteiger partial charge in [0.25, 0.3) is 0 Å². The summed E-state index contributed by atoms with van der Waals surface area (Å²) in [4.78, 5) is 23.3. The lowest BCUT2D eigenvalue weighted by Gasteiger charge is -2.27. The highest BCUT2D eigenvalue weighted by atomic mass is 16.6. The summed E-state index contributed by atoms with van der Waals surface area (Å²) < 4.78 is 10.7. The van der Waals surface area contributed by atoms with Crippen molar-refractivity contribution < 1.29 is 29.3 Å². The minimum atomic E-state index is -1.69. The Balaban J connectivity index is 2.15. The average Bonchev–Trinajstić information content (AvgIpc) is 2.58. The second-order valence-corrected chi connectivity index (χ2v) is 6.88. The Labute approximate surface area is 157 Å². The molecule has 0 saturated heterocycles. The number of ether oxygens (including phenoxy) is 2. The van der Waals surface area contributed by atoms with Gasteiger partial charge < -0.3 is 29.8 Å². The first-order chi connectivity index (χ1) is 12.7. The van der Waals surface area contributed by atoms with Gasteiger partial charge in [-0.2, -0.15) is 0 Å². The molecule has 0 radical (unpaired) electrons. The fourth-order valence-corrected chi connectivity index (χ4v) is 2.28. The first-order valence-electron chi connectivity index (χ1n) is 8.37. The van der Waals surface area contributed by atoms with Crippen molar-refractivity contribution in [1.29, 1.82) is 0 Å². The van der Waals surface area contributed by atoms with Gasteiger partial charge in [-0.3, -0.25) is 0 Å². The van der Waals surface area contributed by atoms with Gasteiger partial charge in [0.2, 0.25) is 0 Å². The highest BCUT2D eigenvalue weighted by molar-refractivity contribution is 5.79. The lowest BCUT2D eigenvalue weighted by Crippen LogP contribution is -2.52. The fraction of sp³-hybridized carbons (Fsp3) is 0.300. The van der Waals surface area contributed by atoms with Crippen molar-refractivity contribution in [3.8, 4) is 11.5 Å². The van der Waals surface area contributed by atoms with E-state index in [1.807, 2.05) is 18.2 Å². The molecule has 2 aromatic carbocycles. The molecule has 2 N–H and O–H groups in total. The topological polar surface area (TPSA) is 108 Å². The number of amides is 1. The molecule has 0 spiro atoms. The maximum Gasteiger partial charge on any atom is 0.408 e. The first kappa shape index (κ1) is 20.3. The first-order valence-corrected chi connectivity index (χ1v) is 8.37. The molecule has 0 aliphatic carbocycles. The van der Waals surface area contributed by atoms with E-state index in [0.717, 1.165) is 0 Å². The predicted molar refractivity (Wildman–Crippen MR) is 96.1 cm³/mol. The zero-order valence-electron chi connectivity index (χ0n) is 15.3. The molecule has 0 aliphatic heterocycles. The summed E-state index contributed by atoms with van der Waals surface area (Å²) in [5.41, 5.74) is -0.566. The summed E-state index contributed by atoms with van der Waals surface area (Å²) in [6.07, 6.45) is -2.52. The number of aliphatic hydroxyl groups excluding tert-OH is 1. The lowest BCUT2D eigenvalue weighted by molar-refractivity contribution is -0.310. The summed E-state index contributed by atoms with van der Waals surface area (Å²) in [7, 11) is 0. The van der Waals surface area contributed by atoms with Crippen LogP contribution in [0.5, 0.6) is 11.5 Å². The zero-order valence-corrected chi connectivity index (χ0v) is 15.3. The van der Waals surface area contributed by atoms with E-state index in [4.69, 9.17) is 9.47 Å². The molecule has 144 valence electrons. The molecule has 0 heterocycles. The molecule has 27 heavy (non-hydrogen) atoms. The van der Waals surface area contributed by atoms with E-state index < -0.39 is 29.8 Å². The number of carboxylic acids is 1. The summed E-state index contributed by atoms with van der Waals surface area (Å²) >= 11 is 0. The van der Waals surface area contributed by atoms with Crippen LogP contribution in [0.1, 0.15) is 32.4 Å². The quantitative estimate of drug-likeness (QED) is 0.804. The van der Waals surface area contributed by atoms with Crippen LogP contribution in [-0.2, 0) is 9.53 Å². The summed E-state index contributed by atoms with van der Waals surface area (Å²) in [6, 6.07) is 13.6. The van der Waals surface area contributed by atoms with E-state index in [-0.39, 0.29) is 5.56 Å². The number of alkyl carbamates (subject to hydrolysis) is 1. The van der Waals surface area contributed by atoms with Crippen LogP contribution in [0.15, 0.2) is 54.6 Å². The van der Waals surface area contributed by atoms with Crippen molar-refractivity contribution in [1.82, 2.24) is 5.32 Å². The fourth-order valence-electron chi connectivity index (χ4n) is 2.28. The molecule has 0 unspecified atom stereocenters. The number of carbonyl (C=O) groups is 2. The van der Waals surface area contributed by atoms with Crippen molar-refractivity contribution in [2.75, 3.05) is 0 Å². The smallest absolute Gasteiger partial charge is 0.408 e. The van der Waals surface area contributed by atoms with Crippen molar-refractivity contribution in [3.63, 3.8) is 0 Å². The van der Waals surface area contributed by atoms with Gasteiger partial charge in [0, 0.05) is 0 Å². The standard InChI is InChI=1S/C20H23NO6/c1-20(2,3)27-19(25)21-16(18(23)24)17(22)13-8-7-11-15(12-13)26-14-9-5-4-6-10-14/h4-12,16-17,22H,1-3H3,(H,21,25)(H,23,24)/p-1/t16-,17-/m1/s1. The third-order valence-electron chi connectivity index (χ3n) is 3.42. The minimum Gasteiger partial charge on any atom is -0.548 e. The third-order valence-corrected chi connectivity index (χ3v) is 3.42. The molecule has 0 aromatic heterocycles. The normalized spacial score (nSPS) is 13.3. The number of nitrogens with one attached hydrogen (secondary N) is 1. The van der Waals surface area contributed by atoms with Crippen LogP contribution >= 0.6 is 0 Å². The van der Waals surface area contributed by atoms with Gasteiger partial charge in [-0.25, -0.2) is 4.79 Å². The highest BCUT2D eigenvalue weighted by Crippen LogP contribution is 2.26. The Kier molecular flexibility index (Phi) is 6.41. The van der Waals surface area contributed by atoms with Gasteiger partial charge >= 0.3 is 6.09 Å². The number of carboxylic acid groups (broad SMARTS) is 1. The number of hydrogen-bond acceptors (Lipinski definition) is 6. The van der Waals surface area contributed by atoms with Crippen LogP contribution in [0.4, 0.5) is 4.79 Å². The molecular formula is C20H22NO6-. The number of rotatable bonds is 6. The maximum atomic E-state index is 11.9. The average molecular weight is 372 g/mol. The highest BCUT2D eigenvalue weighted by Gasteiger charge is 2.27. The van der Waals surface area contributed by atoms with Crippen molar-refractivity contribution in [3.05, 3.63) is 60.2 Å². The monoisotopic (exact) mass is 372 g/mol. The third kappa shape index (κ3) is 6.31. The Morgan fingerprint density at radius 2 is 1.67 bits per heavy atom. The van der Waals surface area contributed by atoms with Crippen LogP contribution in [0.2, 0.25) is 0 Å². The second-order valence-electron chi connectivity index (χ2n) is 6.88. The van der Waals surface area contributed by atoms with E-state index in [0.29, 0.717) is 11.5 Å². The molecule has 2 rings (SSSR count). The van der Waals surface area contributed by atoms with Crippen LogP contribution in [0.25, 0.3) is 0 Å². The number of para-hydroxylation sites is 1.